The molecule has 0 radical (unpaired) electrons. The molecule has 78 valence electrons. The van der Waals surface area contributed by atoms with Gasteiger partial charge in [0.2, 0.25) is 0 Å². The Morgan fingerprint density at radius 3 is 1.85 bits per heavy atom. The molecular formula is C6H12Cl3GeNO2. The van der Waals surface area contributed by atoms with Crippen LogP contribution in [-0.2, 0) is 4.79 Å². The van der Waals surface area contributed by atoms with Gasteiger partial charge in [-0.3, -0.25) is 0 Å². The molecule has 0 spiro atoms. The van der Waals surface area contributed by atoms with E-state index in [4.69, 9.17) is 40.9 Å². The summed E-state index contributed by atoms with van der Waals surface area (Å²) in [7, 11) is 13.9. The third-order valence-corrected chi connectivity index (χ3v) is 9.43. The van der Waals surface area contributed by atoms with E-state index in [-0.39, 0.29) is 5.92 Å². The molecule has 0 amide bonds. The van der Waals surface area contributed by atoms with Gasteiger partial charge in [0.1, 0.15) is 0 Å². The average Bonchev–Trinajstić information content (AvgIpc) is 1.82. The quantitative estimate of drug-likeness (QED) is 0.782. The van der Waals surface area contributed by atoms with Crippen molar-refractivity contribution in [1.29, 1.82) is 0 Å². The first-order valence-corrected chi connectivity index (χ1v) is 13.2. The standard InChI is InChI=1S/C6H12Cl3GeNO2/c1-3(2)4(10(7,8)9)5(11)6(12)13/h3-5H,11H2,1-2H3,(H,12,13). The van der Waals surface area contributed by atoms with Gasteiger partial charge in [-0.25, -0.2) is 0 Å². The fraction of sp³-hybridized carbons (Fsp3) is 0.833. The van der Waals surface area contributed by atoms with Crippen molar-refractivity contribution in [3.8, 4) is 0 Å². The molecule has 0 aliphatic heterocycles. The van der Waals surface area contributed by atoms with Crippen LogP contribution >= 0.6 is 30.0 Å². The summed E-state index contributed by atoms with van der Waals surface area (Å²) in [4.78, 5) is 10.6. The van der Waals surface area contributed by atoms with Crippen LogP contribution in [0.4, 0.5) is 0 Å². The number of rotatable bonds is 4. The van der Waals surface area contributed by atoms with Crippen LogP contribution in [0, 0.1) is 5.92 Å². The monoisotopic (exact) mass is 309 g/mol. The minimum absolute atomic E-state index is 0.0291. The van der Waals surface area contributed by atoms with Crippen LogP contribution < -0.4 is 5.73 Å². The number of aliphatic carboxylic acids is 1. The molecule has 3 nitrogen and oxygen atoms in total. The third-order valence-electron chi connectivity index (χ3n) is 1.77. The summed E-state index contributed by atoms with van der Waals surface area (Å²) in [6, 6.07) is -1.08. The Kier molecular flexibility index (Phi) is 5.40. The summed E-state index contributed by atoms with van der Waals surface area (Å²) in [5.74, 6) is -1.14. The Bertz CT molecular complexity index is 195. The van der Waals surface area contributed by atoms with Crippen LogP contribution in [0.3, 0.4) is 0 Å². The fourth-order valence-corrected chi connectivity index (χ4v) is 9.93. The molecule has 0 fully saturated rings. The zero-order chi connectivity index (χ0) is 10.8. The van der Waals surface area contributed by atoms with Crippen molar-refractivity contribution in [3.05, 3.63) is 0 Å². The molecule has 0 aromatic heterocycles. The number of halogens is 3. The first-order chi connectivity index (χ1) is 5.68. The van der Waals surface area contributed by atoms with Crippen molar-refractivity contribution in [1.82, 2.24) is 0 Å². The molecule has 0 bridgehead atoms. The van der Waals surface area contributed by atoms with Crippen LogP contribution in [0.2, 0.25) is 4.75 Å². The van der Waals surface area contributed by atoms with E-state index in [1.54, 1.807) is 13.8 Å². The Morgan fingerprint density at radius 1 is 1.38 bits per heavy atom. The van der Waals surface area contributed by atoms with Gasteiger partial charge < -0.3 is 0 Å². The second-order valence-electron chi connectivity index (χ2n) is 3.18. The molecule has 0 saturated heterocycles. The maximum atomic E-state index is 10.6. The SMILES string of the molecule is CC(C)[CH](C(N)C(=O)O)[Ge]([Cl])([Cl])[Cl]. The molecule has 13 heavy (non-hydrogen) atoms. The molecular weight excluding hydrogens is 297 g/mol. The van der Waals surface area contributed by atoms with Gasteiger partial charge in [0.05, 0.1) is 0 Å². The Morgan fingerprint density at radius 2 is 1.77 bits per heavy atom. The second kappa shape index (κ2) is 5.07. The van der Waals surface area contributed by atoms with Gasteiger partial charge in [0, 0.05) is 0 Å². The van der Waals surface area contributed by atoms with E-state index >= 15 is 0 Å². The third kappa shape index (κ3) is 4.25. The van der Waals surface area contributed by atoms with Gasteiger partial charge >= 0.3 is 92.7 Å². The van der Waals surface area contributed by atoms with Crippen LogP contribution in [-0.4, -0.2) is 27.6 Å². The van der Waals surface area contributed by atoms with Crippen molar-refractivity contribution in [2.75, 3.05) is 0 Å². The molecule has 2 unspecified atom stereocenters. The van der Waals surface area contributed by atoms with E-state index in [0.29, 0.717) is 0 Å². The Hall–Kier alpha value is 0.843. The molecule has 0 saturated carbocycles. The first-order valence-electron chi connectivity index (χ1n) is 3.73. The molecule has 0 aromatic carbocycles. The predicted octanol–water partition coefficient (Wildman–Crippen LogP) is 2.08. The van der Waals surface area contributed by atoms with E-state index < -0.39 is 27.2 Å². The van der Waals surface area contributed by atoms with Crippen molar-refractivity contribution < 1.29 is 9.90 Å². The fourth-order valence-electron chi connectivity index (χ4n) is 1.15. The van der Waals surface area contributed by atoms with E-state index in [1.165, 1.54) is 0 Å². The van der Waals surface area contributed by atoms with Crippen molar-refractivity contribution in [2.45, 2.75) is 24.6 Å². The predicted molar refractivity (Wildman–Crippen MR) is 57.5 cm³/mol. The van der Waals surface area contributed by atoms with Gasteiger partial charge in [-0.2, -0.15) is 0 Å². The van der Waals surface area contributed by atoms with Gasteiger partial charge in [-0.15, -0.1) is 0 Å². The molecule has 0 aromatic rings. The van der Waals surface area contributed by atoms with Gasteiger partial charge in [0.15, 0.2) is 0 Å². The van der Waals surface area contributed by atoms with Gasteiger partial charge in [0.25, 0.3) is 0 Å². The summed E-state index contributed by atoms with van der Waals surface area (Å²) < 4.78 is -0.512. The minimum atomic E-state index is -3.56. The number of hydrogen-bond acceptors (Lipinski definition) is 2. The number of nitrogens with two attached hydrogens (primary N) is 1. The van der Waals surface area contributed by atoms with E-state index in [1.807, 2.05) is 0 Å². The summed E-state index contributed by atoms with van der Waals surface area (Å²) in [5, 5.41) is 8.69. The maximum absolute atomic E-state index is 10.6. The summed E-state index contributed by atoms with van der Waals surface area (Å²) in [6.45, 7) is 3.61. The summed E-state index contributed by atoms with van der Waals surface area (Å²) in [6.07, 6.45) is 0. The first kappa shape index (κ1) is 13.8. The number of carboxylic acids is 1. The van der Waals surface area contributed by atoms with Gasteiger partial charge in [-0.1, -0.05) is 0 Å². The Balaban J connectivity index is 4.72. The van der Waals surface area contributed by atoms with Crippen molar-refractivity contribution in [3.63, 3.8) is 0 Å². The van der Waals surface area contributed by atoms with Crippen LogP contribution in [0.25, 0.3) is 0 Å². The summed E-state index contributed by atoms with van der Waals surface area (Å²) in [5.41, 5.74) is 5.44. The Labute approximate surface area is 92.4 Å². The molecule has 7 heteroatoms. The molecule has 3 N–H and O–H groups in total. The number of carbonyl (C=O) groups is 1. The zero-order valence-electron chi connectivity index (χ0n) is 7.30. The normalized spacial score (nSPS) is 17.2. The molecule has 0 aliphatic carbocycles. The van der Waals surface area contributed by atoms with E-state index in [2.05, 4.69) is 0 Å². The number of hydrogen-bond donors (Lipinski definition) is 2. The molecule has 0 aliphatic rings. The van der Waals surface area contributed by atoms with Crippen LogP contribution in [0.5, 0.6) is 0 Å². The van der Waals surface area contributed by atoms with Crippen LogP contribution in [0.1, 0.15) is 13.8 Å². The molecule has 0 heterocycles. The number of carboxylic acid groups (broad SMARTS) is 1. The van der Waals surface area contributed by atoms with Crippen molar-refractivity contribution >= 4 is 46.5 Å². The van der Waals surface area contributed by atoms with E-state index in [9.17, 15) is 4.79 Å². The second-order valence-corrected chi connectivity index (χ2v) is 19.2. The molecule has 2 atom stereocenters. The van der Waals surface area contributed by atoms with Gasteiger partial charge in [-0.05, 0) is 0 Å². The van der Waals surface area contributed by atoms with Crippen LogP contribution in [0.15, 0.2) is 0 Å². The molecule has 0 rings (SSSR count). The zero-order valence-corrected chi connectivity index (χ0v) is 11.7. The topological polar surface area (TPSA) is 63.3 Å². The van der Waals surface area contributed by atoms with Crippen molar-refractivity contribution in [2.24, 2.45) is 11.7 Å². The van der Waals surface area contributed by atoms with E-state index in [0.717, 1.165) is 0 Å². The summed E-state index contributed by atoms with van der Waals surface area (Å²) >= 11 is 0. The average molecular weight is 309 g/mol.